The monoisotopic (exact) mass is 235 g/mol. The molecular formula is C12H13NO4. The molecule has 1 saturated carbocycles. The Hall–Kier alpha value is -2.04. The van der Waals surface area contributed by atoms with Gasteiger partial charge in [-0.3, -0.25) is 9.59 Å². The summed E-state index contributed by atoms with van der Waals surface area (Å²) in [5.41, 5.74) is 5.66. The van der Waals surface area contributed by atoms with Gasteiger partial charge in [0.05, 0.1) is 11.3 Å². The second kappa shape index (κ2) is 3.76. The van der Waals surface area contributed by atoms with Crippen LogP contribution in [0.5, 0.6) is 0 Å². The normalized spacial score (nSPS) is 27.2. The lowest BCUT2D eigenvalue weighted by Gasteiger charge is -2.42. The standard InChI is InChI=1S/C12H13NO4/c13-9-3-1-8(2-4-9)12(11(16)17)5-7(6-12)10(14)15/h1-4,7H,5-6,13H2,(H,14,15)(H,16,17)/t7-,12+. The smallest absolute Gasteiger partial charge is 0.314 e. The van der Waals surface area contributed by atoms with E-state index in [9.17, 15) is 14.7 Å². The molecule has 0 bridgehead atoms. The van der Waals surface area contributed by atoms with Crippen molar-refractivity contribution in [1.82, 2.24) is 0 Å². The van der Waals surface area contributed by atoms with Crippen molar-refractivity contribution in [2.24, 2.45) is 5.92 Å². The van der Waals surface area contributed by atoms with Gasteiger partial charge in [-0.05, 0) is 30.5 Å². The third kappa shape index (κ3) is 1.73. The van der Waals surface area contributed by atoms with E-state index in [0.717, 1.165) is 0 Å². The van der Waals surface area contributed by atoms with Crippen molar-refractivity contribution in [2.45, 2.75) is 18.3 Å². The van der Waals surface area contributed by atoms with Crippen molar-refractivity contribution in [3.05, 3.63) is 29.8 Å². The summed E-state index contributed by atoms with van der Waals surface area (Å²) in [5, 5.41) is 18.1. The second-order valence-electron chi connectivity index (χ2n) is 4.45. The van der Waals surface area contributed by atoms with E-state index in [1.807, 2.05) is 0 Å². The molecule has 0 aliphatic heterocycles. The summed E-state index contributed by atoms with van der Waals surface area (Å²) in [5.74, 6) is -2.47. The maximum absolute atomic E-state index is 11.3. The first-order valence-electron chi connectivity index (χ1n) is 5.28. The number of aliphatic carboxylic acids is 2. The molecular weight excluding hydrogens is 222 g/mol. The molecule has 0 amide bonds. The molecule has 1 fully saturated rings. The molecule has 0 saturated heterocycles. The zero-order chi connectivity index (χ0) is 12.6. The maximum Gasteiger partial charge on any atom is 0.314 e. The molecule has 0 unspecified atom stereocenters. The predicted octanol–water partition coefficient (Wildman–Crippen LogP) is 1.09. The third-order valence-corrected chi connectivity index (χ3v) is 3.41. The highest BCUT2D eigenvalue weighted by atomic mass is 16.4. The van der Waals surface area contributed by atoms with E-state index in [2.05, 4.69) is 0 Å². The molecule has 0 heterocycles. The van der Waals surface area contributed by atoms with Crippen LogP contribution in [-0.2, 0) is 15.0 Å². The molecule has 90 valence electrons. The fourth-order valence-electron chi connectivity index (χ4n) is 2.29. The molecule has 5 nitrogen and oxygen atoms in total. The first-order valence-corrected chi connectivity index (χ1v) is 5.28. The molecule has 0 spiro atoms. The summed E-state index contributed by atoms with van der Waals surface area (Å²) in [4.78, 5) is 22.1. The summed E-state index contributed by atoms with van der Waals surface area (Å²) in [7, 11) is 0. The predicted molar refractivity (Wildman–Crippen MR) is 60.5 cm³/mol. The second-order valence-corrected chi connectivity index (χ2v) is 4.45. The Labute approximate surface area is 97.9 Å². The van der Waals surface area contributed by atoms with E-state index >= 15 is 0 Å². The van der Waals surface area contributed by atoms with E-state index in [1.54, 1.807) is 24.3 Å². The van der Waals surface area contributed by atoms with E-state index < -0.39 is 23.3 Å². The van der Waals surface area contributed by atoms with Gasteiger partial charge in [0.15, 0.2) is 0 Å². The van der Waals surface area contributed by atoms with Gasteiger partial charge in [0, 0.05) is 5.69 Å². The Bertz CT molecular complexity index is 460. The van der Waals surface area contributed by atoms with Gasteiger partial charge in [-0.2, -0.15) is 0 Å². The first kappa shape index (κ1) is 11.4. The number of anilines is 1. The number of hydrogen-bond donors (Lipinski definition) is 3. The number of rotatable bonds is 3. The highest BCUT2D eigenvalue weighted by Crippen LogP contribution is 2.48. The SMILES string of the molecule is Nc1ccc([C@]2(C(=O)O)C[C@@H](C(=O)O)C2)cc1. The Morgan fingerprint density at radius 3 is 2.12 bits per heavy atom. The Morgan fingerprint density at radius 1 is 1.18 bits per heavy atom. The van der Waals surface area contributed by atoms with E-state index in [1.165, 1.54) is 0 Å². The summed E-state index contributed by atoms with van der Waals surface area (Å²) >= 11 is 0. The molecule has 1 aromatic rings. The maximum atomic E-state index is 11.3. The minimum atomic E-state index is -1.06. The van der Waals surface area contributed by atoms with Crippen LogP contribution in [0.3, 0.4) is 0 Å². The van der Waals surface area contributed by atoms with Crippen molar-refractivity contribution < 1.29 is 19.8 Å². The number of nitrogen functional groups attached to an aromatic ring is 1. The number of carboxylic acid groups (broad SMARTS) is 2. The lowest BCUT2D eigenvalue weighted by atomic mass is 9.58. The molecule has 1 aliphatic rings. The lowest BCUT2D eigenvalue weighted by Crippen LogP contribution is -2.50. The van der Waals surface area contributed by atoms with Crippen molar-refractivity contribution >= 4 is 17.6 Å². The molecule has 0 aromatic heterocycles. The van der Waals surface area contributed by atoms with Crippen LogP contribution in [-0.4, -0.2) is 22.2 Å². The van der Waals surface area contributed by atoms with Crippen LogP contribution >= 0.6 is 0 Å². The number of carboxylic acids is 2. The topological polar surface area (TPSA) is 101 Å². The highest BCUT2D eigenvalue weighted by molar-refractivity contribution is 5.86. The molecule has 2 rings (SSSR count). The fraction of sp³-hybridized carbons (Fsp3) is 0.333. The Morgan fingerprint density at radius 2 is 1.71 bits per heavy atom. The highest BCUT2D eigenvalue weighted by Gasteiger charge is 2.54. The zero-order valence-corrected chi connectivity index (χ0v) is 9.09. The van der Waals surface area contributed by atoms with Gasteiger partial charge >= 0.3 is 11.9 Å². The van der Waals surface area contributed by atoms with Crippen molar-refractivity contribution in [1.29, 1.82) is 0 Å². The van der Waals surface area contributed by atoms with Crippen LogP contribution in [0.15, 0.2) is 24.3 Å². The minimum Gasteiger partial charge on any atom is -0.481 e. The average Bonchev–Trinajstić information content (AvgIpc) is 2.18. The quantitative estimate of drug-likeness (QED) is 0.681. The molecule has 5 heteroatoms. The zero-order valence-electron chi connectivity index (χ0n) is 9.09. The Kier molecular flexibility index (Phi) is 2.53. The molecule has 4 N–H and O–H groups in total. The van der Waals surface area contributed by atoms with Crippen LogP contribution in [0.1, 0.15) is 18.4 Å². The van der Waals surface area contributed by atoms with Crippen LogP contribution in [0, 0.1) is 5.92 Å². The first-order chi connectivity index (χ1) is 7.95. The van der Waals surface area contributed by atoms with Crippen molar-refractivity contribution in [3.8, 4) is 0 Å². The minimum absolute atomic E-state index is 0.140. The van der Waals surface area contributed by atoms with Gasteiger partial charge in [0.2, 0.25) is 0 Å². The van der Waals surface area contributed by atoms with Crippen molar-refractivity contribution in [2.75, 3.05) is 5.73 Å². The number of hydrogen-bond acceptors (Lipinski definition) is 3. The average molecular weight is 235 g/mol. The van der Waals surface area contributed by atoms with E-state index in [0.29, 0.717) is 11.3 Å². The Balaban J connectivity index is 2.29. The fourth-order valence-corrected chi connectivity index (χ4v) is 2.29. The van der Waals surface area contributed by atoms with Gasteiger partial charge in [0.25, 0.3) is 0 Å². The van der Waals surface area contributed by atoms with E-state index in [4.69, 9.17) is 10.8 Å². The van der Waals surface area contributed by atoms with Crippen LogP contribution in [0.4, 0.5) is 5.69 Å². The number of benzene rings is 1. The third-order valence-electron chi connectivity index (χ3n) is 3.41. The molecule has 0 radical (unpaired) electrons. The van der Waals surface area contributed by atoms with Gasteiger partial charge in [-0.1, -0.05) is 12.1 Å². The summed E-state index contributed by atoms with van der Waals surface area (Å²) in [6, 6.07) is 6.57. The molecule has 1 aromatic carbocycles. The lowest BCUT2D eigenvalue weighted by molar-refractivity contribution is -0.157. The van der Waals surface area contributed by atoms with Gasteiger partial charge in [-0.15, -0.1) is 0 Å². The summed E-state index contributed by atoms with van der Waals surface area (Å²) in [6.07, 6.45) is 0.281. The summed E-state index contributed by atoms with van der Waals surface area (Å²) in [6.45, 7) is 0. The number of carbonyl (C=O) groups is 2. The summed E-state index contributed by atoms with van der Waals surface area (Å²) < 4.78 is 0. The van der Waals surface area contributed by atoms with Gasteiger partial charge in [-0.25, -0.2) is 0 Å². The largest absolute Gasteiger partial charge is 0.481 e. The van der Waals surface area contributed by atoms with Gasteiger partial charge in [0.1, 0.15) is 0 Å². The van der Waals surface area contributed by atoms with Crippen molar-refractivity contribution in [3.63, 3.8) is 0 Å². The van der Waals surface area contributed by atoms with Crippen LogP contribution < -0.4 is 5.73 Å². The van der Waals surface area contributed by atoms with Crippen LogP contribution in [0.25, 0.3) is 0 Å². The molecule has 0 atom stereocenters. The molecule has 1 aliphatic carbocycles. The van der Waals surface area contributed by atoms with Gasteiger partial charge < -0.3 is 15.9 Å². The van der Waals surface area contributed by atoms with Crippen LogP contribution in [0.2, 0.25) is 0 Å². The molecule has 17 heavy (non-hydrogen) atoms. The number of nitrogens with two attached hydrogens (primary N) is 1. The van der Waals surface area contributed by atoms with E-state index in [-0.39, 0.29) is 12.8 Å².